The zero-order valence-electron chi connectivity index (χ0n) is 13.0. The highest BCUT2D eigenvalue weighted by atomic mass is 16.5. The Morgan fingerprint density at radius 3 is 2.50 bits per heavy atom. The number of nitrogens with zero attached hydrogens (tertiary/aromatic N) is 2. The molecule has 4 heteroatoms. The molecule has 4 nitrogen and oxygen atoms in total. The van der Waals surface area contributed by atoms with Crippen molar-refractivity contribution in [1.82, 2.24) is 4.90 Å². The highest BCUT2D eigenvalue weighted by Gasteiger charge is 2.27. The topological polar surface area (TPSA) is 56.5 Å². The van der Waals surface area contributed by atoms with E-state index in [1.807, 2.05) is 25.2 Å². The minimum Gasteiger partial charge on any atom is -0.495 e. The van der Waals surface area contributed by atoms with E-state index in [-0.39, 0.29) is 18.1 Å². The van der Waals surface area contributed by atoms with E-state index in [2.05, 4.69) is 31.7 Å². The van der Waals surface area contributed by atoms with Crippen LogP contribution in [0.5, 0.6) is 5.75 Å². The minimum absolute atomic E-state index is 0.00592. The second-order valence-electron chi connectivity index (χ2n) is 6.13. The average Bonchev–Trinajstić information content (AvgIpc) is 2.37. The van der Waals surface area contributed by atoms with Crippen LogP contribution in [0, 0.1) is 16.7 Å². The van der Waals surface area contributed by atoms with Gasteiger partial charge in [-0.25, -0.2) is 0 Å². The molecule has 0 bridgehead atoms. The second-order valence-corrected chi connectivity index (χ2v) is 6.13. The molecule has 0 spiro atoms. The van der Waals surface area contributed by atoms with Gasteiger partial charge in [-0.1, -0.05) is 26.8 Å². The number of aliphatic hydroxyl groups excluding tert-OH is 1. The van der Waals surface area contributed by atoms with Crippen molar-refractivity contribution in [3.63, 3.8) is 0 Å². The molecule has 20 heavy (non-hydrogen) atoms. The van der Waals surface area contributed by atoms with E-state index in [4.69, 9.17) is 10.00 Å². The van der Waals surface area contributed by atoms with Gasteiger partial charge in [-0.3, -0.25) is 4.90 Å². The maximum atomic E-state index is 9.58. The van der Waals surface area contributed by atoms with Crippen molar-refractivity contribution in [3.8, 4) is 11.8 Å². The van der Waals surface area contributed by atoms with E-state index in [9.17, 15) is 5.11 Å². The largest absolute Gasteiger partial charge is 0.495 e. The minimum atomic E-state index is -0.00592. The Labute approximate surface area is 121 Å². The van der Waals surface area contributed by atoms with Gasteiger partial charge in [-0.05, 0) is 30.2 Å². The molecule has 1 rings (SSSR count). The van der Waals surface area contributed by atoms with Crippen molar-refractivity contribution in [3.05, 3.63) is 29.3 Å². The number of nitriles is 1. The van der Waals surface area contributed by atoms with Crippen molar-refractivity contribution >= 4 is 0 Å². The average molecular weight is 276 g/mol. The monoisotopic (exact) mass is 276 g/mol. The molecule has 0 heterocycles. The van der Waals surface area contributed by atoms with Gasteiger partial charge in [0.25, 0.3) is 0 Å². The first-order valence-corrected chi connectivity index (χ1v) is 6.71. The third-order valence-corrected chi connectivity index (χ3v) is 3.52. The van der Waals surface area contributed by atoms with Crippen LogP contribution in [0.2, 0.25) is 0 Å². The molecule has 110 valence electrons. The van der Waals surface area contributed by atoms with Gasteiger partial charge < -0.3 is 9.84 Å². The van der Waals surface area contributed by atoms with E-state index >= 15 is 0 Å². The summed E-state index contributed by atoms with van der Waals surface area (Å²) in [4.78, 5) is 2.11. The first kappa shape index (κ1) is 16.5. The van der Waals surface area contributed by atoms with Crippen LogP contribution < -0.4 is 4.74 Å². The van der Waals surface area contributed by atoms with Crippen LogP contribution in [0.4, 0.5) is 0 Å². The lowest BCUT2D eigenvalue weighted by atomic mass is 9.86. The van der Waals surface area contributed by atoms with Crippen LogP contribution in [0.15, 0.2) is 18.2 Å². The number of aliphatic hydroxyl groups is 1. The van der Waals surface area contributed by atoms with E-state index in [1.54, 1.807) is 7.11 Å². The summed E-state index contributed by atoms with van der Waals surface area (Å²) in [6.07, 6.45) is 0. The quantitative estimate of drug-likeness (QED) is 0.897. The van der Waals surface area contributed by atoms with Gasteiger partial charge in [0.15, 0.2) is 0 Å². The Hall–Kier alpha value is -1.57. The summed E-state index contributed by atoms with van der Waals surface area (Å²) in [5.74, 6) is 0.591. The molecular weight excluding hydrogens is 252 g/mol. The SMILES string of the molecule is COc1ccc(CN(C)C(CO)C(C)(C)C)cc1C#N. The summed E-state index contributed by atoms with van der Waals surface area (Å²) in [6, 6.07) is 7.81. The molecule has 0 saturated carbocycles. The Morgan fingerprint density at radius 1 is 1.40 bits per heavy atom. The summed E-state index contributed by atoms with van der Waals surface area (Å²) < 4.78 is 5.14. The first-order valence-electron chi connectivity index (χ1n) is 6.71. The first-order chi connectivity index (χ1) is 9.33. The fraction of sp³-hybridized carbons (Fsp3) is 0.562. The number of hydrogen-bond acceptors (Lipinski definition) is 4. The summed E-state index contributed by atoms with van der Waals surface area (Å²) in [7, 11) is 3.55. The molecular formula is C16H24N2O2. The molecule has 0 saturated heterocycles. The molecule has 0 amide bonds. The predicted molar refractivity (Wildman–Crippen MR) is 79.5 cm³/mol. The third-order valence-electron chi connectivity index (χ3n) is 3.52. The molecule has 0 radical (unpaired) electrons. The lowest BCUT2D eigenvalue weighted by molar-refractivity contribution is 0.0614. The third kappa shape index (κ3) is 3.96. The molecule has 1 aromatic rings. The Kier molecular flexibility index (Phi) is 5.55. The lowest BCUT2D eigenvalue weighted by Gasteiger charge is -2.36. The fourth-order valence-corrected chi connectivity index (χ4v) is 2.41. The van der Waals surface area contributed by atoms with E-state index in [0.29, 0.717) is 17.9 Å². The van der Waals surface area contributed by atoms with E-state index in [0.717, 1.165) is 5.56 Å². The van der Waals surface area contributed by atoms with Gasteiger partial charge in [0, 0.05) is 12.6 Å². The number of rotatable bonds is 5. The number of ether oxygens (including phenoxy) is 1. The normalized spacial score (nSPS) is 13.1. The van der Waals surface area contributed by atoms with Crippen molar-refractivity contribution < 1.29 is 9.84 Å². The van der Waals surface area contributed by atoms with Gasteiger partial charge >= 0.3 is 0 Å². The Morgan fingerprint density at radius 2 is 2.05 bits per heavy atom. The molecule has 0 aromatic heterocycles. The van der Waals surface area contributed by atoms with Crippen LogP contribution in [-0.4, -0.2) is 36.8 Å². The highest BCUT2D eigenvalue weighted by molar-refractivity contribution is 5.45. The summed E-state index contributed by atoms with van der Waals surface area (Å²) in [6.45, 7) is 7.12. The van der Waals surface area contributed by atoms with Gasteiger partial charge in [0.2, 0.25) is 0 Å². The van der Waals surface area contributed by atoms with Crippen molar-refractivity contribution in [2.75, 3.05) is 20.8 Å². The van der Waals surface area contributed by atoms with Gasteiger partial charge in [0.05, 0.1) is 19.3 Å². The van der Waals surface area contributed by atoms with Crippen molar-refractivity contribution in [2.24, 2.45) is 5.41 Å². The molecule has 1 N–H and O–H groups in total. The molecule has 1 aromatic carbocycles. The van der Waals surface area contributed by atoms with E-state index < -0.39 is 0 Å². The summed E-state index contributed by atoms with van der Waals surface area (Å²) in [5, 5.41) is 18.7. The molecule has 0 aliphatic rings. The fourth-order valence-electron chi connectivity index (χ4n) is 2.41. The van der Waals surface area contributed by atoms with Gasteiger partial charge in [0.1, 0.15) is 11.8 Å². The van der Waals surface area contributed by atoms with E-state index in [1.165, 1.54) is 0 Å². The smallest absolute Gasteiger partial charge is 0.136 e. The van der Waals surface area contributed by atoms with Crippen LogP contribution in [0.3, 0.4) is 0 Å². The maximum Gasteiger partial charge on any atom is 0.136 e. The highest BCUT2D eigenvalue weighted by Crippen LogP contribution is 2.25. The van der Waals surface area contributed by atoms with Gasteiger partial charge in [-0.15, -0.1) is 0 Å². The van der Waals surface area contributed by atoms with Crippen LogP contribution >= 0.6 is 0 Å². The molecule has 0 fully saturated rings. The zero-order chi connectivity index (χ0) is 15.3. The standard InChI is InChI=1S/C16H24N2O2/c1-16(2,3)15(11-19)18(4)10-12-6-7-14(20-5)13(8-12)9-17/h6-8,15,19H,10-11H2,1-5H3. The molecule has 1 atom stereocenters. The van der Waals surface area contributed by atoms with Crippen LogP contribution in [-0.2, 0) is 6.54 Å². The van der Waals surface area contributed by atoms with Gasteiger partial charge in [-0.2, -0.15) is 5.26 Å². The number of likely N-dealkylation sites (N-methyl/N-ethyl adjacent to an activating group) is 1. The predicted octanol–water partition coefficient (Wildman–Crippen LogP) is 2.41. The summed E-state index contributed by atoms with van der Waals surface area (Å²) >= 11 is 0. The van der Waals surface area contributed by atoms with Crippen molar-refractivity contribution in [1.29, 1.82) is 5.26 Å². The molecule has 0 aliphatic carbocycles. The van der Waals surface area contributed by atoms with Crippen LogP contribution in [0.1, 0.15) is 31.9 Å². The summed E-state index contributed by atoms with van der Waals surface area (Å²) in [5.41, 5.74) is 1.57. The van der Waals surface area contributed by atoms with Crippen LogP contribution in [0.25, 0.3) is 0 Å². The molecule has 1 unspecified atom stereocenters. The Balaban J connectivity index is 2.91. The lowest BCUT2D eigenvalue weighted by Crippen LogP contribution is -2.43. The molecule has 0 aliphatic heterocycles. The number of benzene rings is 1. The Bertz CT molecular complexity index is 486. The number of methoxy groups -OCH3 is 1. The number of hydrogen-bond donors (Lipinski definition) is 1. The van der Waals surface area contributed by atoms with Crippen molar-refractivity contribution in [2.45, 2.75) is 33.4 Å². The maximum absolute atomic E-state index is 9.58. The zero-order valence-corrected chi connectivity index (χ0v) is 13.0. The second kappa shape index (κ2) is 6.74.